The summed E-state index contributed by atoms with van der Waals surface area (Å²) in [5.74, 6) is -0.396. The molecule has 1 aromatic carbocycles. The number of thiophene rings is 1. The summed E-state index contributed by atoms with van der Waals surface area (Å²) in [5, 5.41) is 14.4. The summed E-state index contributed by atoms with van der Waals surface area (Å²) in [4.78, 5) is 13.6. The summed E-state index contributed by atoms with van der Waals surface area (Å²) < 4.78 is 14.9. The van der Waals surface area contributed by atoms with Crippen LogP contribution in [-0.4, -0.2) is 26.3 Å². The van der Waals surface area contributed by atoms with Crippen molar-refractivity contribution in [2.45, 2.75) is 11.2 Å². The highest BCUT2D eigenvalue weighted by Gasteiger charge is 2.19. The van der Waals surface area contributed by atoms with Crippen LogP contribution in [0.15, 0.2) is 59.2 Å². The van der Waals surface area contributed by atoms with Gasteiger partial charge in [0, 0.05) is 11.1 Å². The third-order valence-electron chi connectivity index (χ3n) is 4.06. The van der Waals surface area contributed by atoms with E-state index >= 15 is 0 Å². The van der Waals surface area contributed by atoms with Gasteiger partial charge in [-0.15, -0.1) is 21.5 Å². The van der Waals surface area contributed by atoms with Gasteiger partial charge in [0.2, 0.25) is 5.91 Å². The molecule has 0 aliphatic rings. The molecule has 10 heteroatoms. The van der Waals surface area contributed by atoms with Crippen molar-refractivity contribution in [1.82, 2.24) is 19.9 Å². The average molecular weight is 467 g/mol. The largest absolute Gasteiger partial charge is 0.344 e. The minimum Gasteiger partial charge on any atom is -0.344 e. The average Bonchev–Trinajstić information content (AvgIpc) is 3.35. The summed E-state index contributed by atoms with van der Waals surface area (Å²) in [5.41, 5.74) is 1.28. The summed E-state index contributed by atoms with van der Waals surface area (Å²) >= 11 is 14.9. The highest BCUT2D eigenvalue weighted by atomic mass is 35.5. The molecule has 148 valence electrons. The number of nitrogens with zero attached hydrogens (tertiary/aromatic N) is 3. The Kier molecular flexibility index (Phi) is 6.05. The fraction of sp³-hybridized carbons (Fsp3) is 0.105. The molecule has 5 nitrogen and oxygen atoms in total. The lowest BCUT2D eigenvalue weighted by atomic mass is 10.1. The molecule has 4 rings (SSSR count). The van der Waals surface area contributed by atoms with Gasteiger partial charge in [-0.3, -0.25) is 9.20 Å². The normalized spacial score (nSPS) is 12.2. The molecule has 29 heavy (non-hydrogen) atoms. The van der Waals surface area contributed by atoms with E-state index in [0.717, 1.165) is 10.4 Å². The summed E-state index contributed by atoms with van der Waals surface area (Å²) in [6.45, 7) is 0. The Labute approximate surface area is 183 Å². The number of fused-ring (bicyclic) bond motifs is 1. The van der Waals surface area contributed by atoms with Crippen molar-refractivity contribution in [3.8, 4) is 0 Å². The first-order valence-corrected chi connectivity index (χ1v) is 11.0. The van der Waals surface area contributed by atoms with Crippen LogP contribution in [0, 0.1) is 5.82 Å². The third kappa shape index (κ3) is 4.56. The van der Waals surface area contributed by atoms with Crippen LogP contribution in [-0.2, 0) is 4.79 Å². The zero-order valence-corrected chi connectivity index (χ0v) is 17.8. The predicted molar refractivity (Wildman–Crippen MR) is 114 cm³/mol. The molecule has 0 bridgehead atoms. The van der Waals surface area contributed by atoms with Crippen LogP contribution >= 0.6 is 46.3 Å². The maximum Gasteiger partial charge on any atom is 0.231 e. The fourth-order valence-electron chi connectivity index (χ4n) is 2.76. The molecule has 1 unspecified atom stereocenters. The number of halogens is 3. The molecule has 4 aromatic rings. The Bertz CT molecular complexity index is 1150. The molecule has 0 aliphatic heterocycles. The number of nitrogens with one attached hydrogen (secondary N) is 1. The van der Waals surface area contributed by atoms with Gasteiger partial charge < -0.3 is 5.32 Å². The molecule has 3 aromatic heterocycles. The van der Waals surface area contributed by atoms with E-state index in [0.29, 0.717) is 20.8 Å². The lowest BCUT2D eigenvalue weighted by molar-refractivity contribution is -0.119. The number of amides is 1. The number of hydrogen-bond acceptors (Lipinski definition) is 5. The van der Waals surface area contributed by atoms with Crippen molar-refractivity contribution in [1.29, 1.82) is 0 Å². The molecule has 3 heterocycles. The number of carbonyl (C=O) groups excluding carboxylic acids is 1. The van der Waals surface area contributed by atoms with Crippen LogP contribution in [0.2, 0.25) is 10.0 Å². The summed E-state index contributed by atoms with van der Waals surface area (Å²) in [7, 11) is 0. The smallest absolute Gasteiger partial charge is 0.231 e. The summed E-state index contributed by atoms with van der Waals surface area (Å²) in [6, 6.07) is 11.2. The predicted octanol–water partition coefficient (Wildman–Crippen LogP) is 5.23. The van der Waals surface area contributed by atoms with Gasteiger partial charge in [0.25, 0.3) is 0 Å². The van der Waals surface area contributed by atoms with Crippen molar-refractivity contribution < 1.29 is 9.18 Å². The molecule has 0 aliphatic carbocycles. The van der Waals surface area contributed by atoms with E-state index in [1.807, 2.05) is 17.5 Å². The van der Waals surface area contributed by atoms with Gasteiger partial charge in [-0.1, -0.05) is 53.2 Å². The molecule has 0 saturated heterocycles. The molecule has 1 N–H and O–H groups in total. The molecule has 0 fully saturated rings. The zero-order chi connectivity index (χ0) is 20.4. The molecule has 0 radical (unpaired) electrons. The van der Waals surface area contributed by atoms with Crippen LogP contribution < -0.4 is 5.32 Å². The van der Waals surface area contributed by atoms with Gasteiger partial charge in [-0.05, 0) is 35.2 Å². The topological polar surface area (TPSA) is 59.3 Å². The van der Waals surface area contributed by atoms with E-state index < -0.39 is 0 Å². The van der Waals surface area contributed by atoms with Crippen LogP contribution in [0.1, 0.15) is 16.5 Å². The fourth-order valence-corrected chi connectivity index (χ4v) is 4.79. The SMILES string of the molecule is O=C(CSc1nnc2c(Cl)cc(Cl)cn12)NC(c1ccc(F)cc1)c1cccs1. The molecule has 1 amide bonds. The highest BCUT2D eigenvalue weighted by molar-refractivity contribution is 7.99. The lowest BCUT2D eigenvalue weighted by Crippen LogP contribution is -2.30. The van der Waals surface area contributed by atoms with E-state index in [1.165, 1.54) is 35.2 Å². The van der Waals surface area contributed by atoms with Gasteiger partial charge in [0.1, 0.15) is 5.82 Å². The van der Waals surface area contributed by atoms with Crippen LogP contribution in [0.25, 0.3) is 5.65 Å². The van der Waals surface area contributed by atoms with Gasteiger partial charge in [0.15, 0.2) is 10.8 Å². The molecule has 0 saturated carbocycles. The second-order valence-electron chi connectivity index (χ2n) is 6.04. The van der Waals surface area contributed by atoms with Crippen LogP contribution in [0.4, 0.5) is 4.39 Å². The molecule has 0 spiro atoms. The number of benzene rings is 1. The van der Waals surface area contributed by atoms with Crippen molar-refractivity contribution in [2.75, 3.05) is 5.75 Å². The van der Waals surface area contributed by atoms with Crippen molar-refractivity contribution in [2.24, 2.45) is 0 Å². The summed E-state index contributed by atoms with van der Waals surface area (Å²) in [6.07, 6.45) is 1.65. The van der Waals surface area contributed by atoms with Crippen LogP contribution in [0.5, 0.6) is 0 Å². The first-order valence-electron chi connectivity index (χ1n) is 8.42. The van der Waals surface area contributed by atoms with E-state index in [1.54, 1.807) is 28.8 Å². The first kappa shape index (κ1) is 20.2. The second kappa shape index (κ2) is 8.71. The monoisotopic (exact) mass is 466 g/mol. The van der Waals surface area contributed by atoms with Gasteiger partial charge >= 0.3 is 0 Å². The Balaban J connectivity index is 1.50. The number of hydrogen-bond donors (Lipinski definition) is 1. The molecular formula is C19H13Cl2FN4OS2. The maximum absolute atomic E-state index is 13.3. The van der Waals surface area contributed by atoms with Gasteiger partial charge in [0.05, 0.1) is 21.8 Å². The Morgan fingerprint density at radius 3 is 2.76 bits per heavy atom. The minimum atomic E-state index is -0.359. The maximum atomic E-state index is 13.3. The van der Waals surface area contributed by atoms with Crippen molar-refractivity contribution in [3.05, 3.63) is 80.3 Å². The van der Waals surface area contributed by atoms with Crippen molar-refractivity contribution in [3.63, 3.8) is 0 Å². The number of thioether (sulfide) groups is 1. The first-order chi connectivity index (χ1) is 14.0. The quantitative estimate of drug-likeness (QED) is 0.395. The van der Waals surface area contributed by atoms with Gasteiger partial charge in [-0.25, -0.2) is 4.39 Å². The third-order valence-corrected chi connectivity index (χ3v) is 6.43. The Hall–Kier alpha value is -2.13. The van der Waals surface area contributed by atoms with E-state index in [-0.39, 0.29) is 23.5 Å². The number of carbonyl (C=O) groups is 1. The van der Waals surface area contributed by atoms with E-state index in [4.69, 9.17) is 23.2 Å². The molecule has 1 atom stereocenters. The Morgan fingerprint density at radius 1 is 1.24 bits per heavy atom. The van der Waals surface area contributed by atoms with E-state index in [2.05, 4.69) is 15.5 Å². The zero-order valence-electron chi connectivity index (χ0n) is 14.7. The Morgan fingerprint density at radius 2 is 2.03 bits per heavy atom. The minimum absolute atomic E-state index is 0.119. The second-order valence-corrected chi connectivity index (χ2v) is 8.80. The number of pyridine rings is 1. The van der Waals surface area contributed by atoms with Crippen LogP contribution in [0.3, 0.4) is 0 Å². The number of rotatable bonds is 6. The number of aromatic nitrogens is 3. The van der Waals surface area contributed by atoms with Crippen molar-refractivity contribution >= 4 is 57.9 Å². The van der Waals surface area contributed by atoms with E-state index in [9.17, 15) is 9.18 Å². The standard InChI is InChI=1S/C19H13Cl2FN4OS2/c20-12-8-14(21)18-24-25-19(26(18)9-12)29-10-16(27)23-17(15-2-1-7-28-15)11-3-5-13(22)6-4-11/h1-9,17H,10H2,(H,23,27). The highest BCUT2D eigenvalue weighted by Crippen LogP contribution is 2.28. The lowest BCUT2D eigenvalue weighted by Gasteiger charge is -2.18. The van der Waals surface area contributed by atoms with Gasteiger partial charge in [-0.2, -0.15) is 0 Å². The molecular weight excluding hydrogens is 454 g/mol.